The number of hydrogen-bond acceptors (Lipinski definition) is 5. The number of ether oxygens (including phenoxy) is 1. The molecule has 2 atom stereocenters. The van der Waals surface area contributed by atoms with Crippen molar-refractivity contribution in [2.75, 3.05) is 7.11 Å². The Bertz CT molecular complexity index is 309. The Hall–Kier alpha value is -0.940. The van der Waals surface area contributed by atoms with Gasteiger partial charge in [-0.3, -0.25) is 0 Å². The van der Waals surface area contributed by atoms with Gasteiger partial charge in [0.25, 0.3) is 0 Å². The molecule has 0 bridgehead atoms. The summed E-state index contributed by atoms with van der Waals surface area (Å²) in [4.78, 5) is 4.26. The summed E-state index contributed by atoms with van der Waals surface area (Å²) in [6, 6.07) is 0. The first-order valence-corrected chi connectivity index (χ1v) is 5.14. The van der Waals surface area contributed by atoms with Gasteiger partial charge < -0.3 is 15.0 Å². The van der Waals surface area contributed by atoms with Crippen LogP contribution in [0.25, 0.3) is 0 Å². The molecule has 0 aromatic carbocycles. The summed E-state index contributed by atoms with van der Waals surface area (Å²) in [5.74, 6) is 1.13. The SMILES string of the molecule is CCC(C)(N)c1nc(CC(C)OC)no1. The van der Waals surface area contributed by atoms with Crippen LogP contribution in [0.2, 0.25) is 0 Å². The first kappa shape index (κ1) is 12.1. The Balaban J connectivity index is 2.72. The molecule has 0 radical (unpaired) electrons. The zero-order valence-electron chi connectivity index (χ0n) is 9.78. The molecule has 0 amide bonds. The van der Waals surface area contributed by atoms with Crippen LogP contribution in [-0.2, 0) is 16.7 Å². The summed E-state index contributed by atoms with van der Waals surface area (Å²) in [6.45, 7) is 5.82. The molecule has 0 fully saturated rings. The smallest absolute Gasteiger partial charge is 0.246 e. The van der Waals surface area contributed by atoms with Crippen LogP contribution in [0.4, 0.5) is 0 Å². The van der Waals surface area contributed by atoms with E-state index in [0.29, 0.717) is 18.1 Å². The molecule has 1 rings (SSSR count). The van der Waals surface area contributed by atoms with Gasteiger partial charge in [-0.25, -0.2) is 0 Å². The second-order valence-electron chi connectivity index (χ2n) is 4.04. The highest BCUT2D eigenvalue weighted by atomic mass is 16.5. The van der Waals surface area contributed by atoms with Crippen molar-refractivity contribution in [2.45, 2.75) is 45.3 Å². The first-order chi connectivity index (χ1) is 6.99. The maximum Gasteiger partial charge on any atom is 0.246 e. The number of aromatic nitrogens is 2. The van der Waals surface area contributed by atoms with E-state index in [1.165, 1.54) is 0 Å². The molecular weight excluding hydrogens is 194 g/mol. The lowest BCUT2D eigenvalue weighted by atomic mass is 10.0. The van der Waals surface area contributed by atoms with Gasteiger partial charge in [0.1, 0.15) is 0 Å². The third kappa shape index (κ3) is 3.00. The lowest BCUT2D eigenvalue weighted by Gasteiger charge is -2.16. The third-order valence-electron chi connectivity index (χ3n) is 2.56. The minimum atomic E-state index is -0.540. The molecule has 2 N–H and O–H groups in total. The van der Waals surface area contributed by atoms with E-state index in [2.05, 4.69) is 10.1 Å². The topological polar surface area (TPSA) is 74.2 Å². The van der Waals surface area contributed by atoms with Crippen LogP contribution in [0.1, 0.15) is 38.9 Å². The van der Waals surface area contributed by atoms with Gasteiger partial charge in [-0.15, -0.1) is 0 Å². The predicted molar refractivity (Wildman–Crippen MR) is 56.3 cm³/mol. The van der Waals surface area contributed by atoms with Crippen molar-refractivity contribution >= 4 is 0 Å². The Morgan fingerprint density at radius 2 is 2.27 bits per heavy atom. The van der Waals surface area contributed by atoms with Crippen molar-refractivity contribution in [3.8, 4) is 0 Å². The molecule has 0 saturated heterocycles. The molecule has 1 heterocycles. The molecular formula is C10H19N3O2. The van der Waals surface area contributed by atoms with E-state index in [0.717, 1.165) is 6.42 Å². The van der Waals surface area contributed by atoms with Crippen LogP contribution in [0.5, 0.6) is 0 Å². The van der Waals surface area contributed by atoms with Gasteiger partial charge in [-0.2, -0.15) is 4.98 Å². The lowest BCUT2D eigenvalue weighted by molar-refractivity contribution is 0.116. The zero-order valence-corrected chi connectivity index (χ0v) is 9.78. The normalized spacial score (nSPS) is 17.4. The number of rotatable bonds is 5. The van der Waals surface area contributed by atoms with Gasteiger partial charge >= 0.3 is 0 Å². The van der Waals surface area contributed by atoms with Gasteiger partial charge in [0.2, 0.25) is 5.89 Å². The van der Waals surface area contributed by atoms with Crippen LogP contribution in [-0.4, -0.2) is 23.4 Å². The largest absolute Gasteiger partial charge is 0.381 e. The third-order valence-corrected chi connectivity index (χ3v) is 2.56. The Labute approximate surface area is 90.0 Å². The van der Waals surface area contributed by atoms with Crippen molar-refractivity contribution in [2.24, 2.45) is 5.73 Å². The van der Waals surface area contributed by atoms with E-state index < -0.39 is 5.54 Å². The second-order valence-corrected chi connectivity index (χ2v) is 4.04. The highest BCUT2D eigenvalue weighted by molar-refractivity contribution is 4.99. The number of nitrogens with two attached hydrogens (primary N) is 1. The highest BCUT2D eigenvalue weighted by Crippen LogP contribution is 2.19. The Morgan fingerprint density at radius 1 is 1.60 bits per heavy atom. The summed E-state index contributed by atoms with van der Waals surface area (Å²) in [5.41, 5.74) is 5.45. The van der Waals surface area contributed by atoms with Gasteiger partial charge in [-0.05, 0) is 20.3 Å². The number of hydrogen-bond donors (Lipinski definition) is 1. The van der Waals surface area contributed by atoms with Gasteiger partial charge in [-0.1, -0.05) is 12.1 Å². The number of methoxy groups -OCH3 is 1. The molecule has 0 aliphatic carbocycles. The average molecular weight is 213 g/mol. The first-order valence-electron chi connectivity index (χ1n) is 5.14. The highest BCUT2D eigenvalue weighted by Gasteiger charge is 2.26. The standard InChI is InChI=1S/C10H19N3O2/c1-5-10(3,11)9-12-8(13-15-9)6-7(2)14-4/h7H,5-6,11H2,1-4H3. The maximum atomic E-state index is 5.99. The van der Waals surface area contributed by atoms with Crippen molar-refractivity contribution in [1.82, 2.24) is 10.1 Å². The lowest BCUT2D eigenvalue weighted by Crippen LogP contribution is -2.32. The van der Waals surface area contributed by atoms with Gasteiger partial charge in [0.15, 0.2) is 5.82 Å². The molecule has 5 nitrogen and oxygen atoms in total. The zero-order chi connectivity index (χ0) is 11.5. The molecule has 1 aromatic rings. The fourth-order valence-electron chi connectivity index (χ4n) is 1.06. The monoisotopic (exact) mass is 213 g/mol. The molecule has 2 unspecified atom stereocenters. The minimum Gasteiger partial charge on any atom is -0.381 e. The van der Waals surface area contributed by atoms with Gasteiger partial charge in [0.05, 0.1) is 11.6 Å². The second kappa shape index (κ2) is 4.72. The van der Waals surface area contributed by atoms with Crippen LogP contribution in [0.15, 0.2) is 4.52 Å². The Morgan fingerprint density at radius 3 is 2.80 bits per heavy atom. The molecule has 0 spiro atoms. The average Bonchev–Trinajstić information content (AvgIpc) is 2.66. The van der Waals surface area contributed by atoms with E-state index in [-0.39, 0.29) is 6.10 Å². The van der Waals surface area contributed by atoms with E-state index in [9.17, 15) is 0 Å². The molecule has 1 aromatic heterocycles. The summed E-state index contributed by atoms with van der Waals surface area (Å²) >= 11 is 0. The predicted octanol–water partition coefficient (Wildman–Crippen LogP) is 1.23. The minimum absolute atomic E-state index is 0.0844. The molecule has 0 saturated carbocycles. The van der Waals surface area contributed by atoms with Crippen LogP contribution in [0, 0.1) is 0 Å². The van der Waals surface area contributed by atoms with Crippen LogP contribution >= 0.6 is 0 Å². The fourth-order valence-corrected chi connectivity index (χ4v) is 1.06. The van der Waals surface area contributed by atoms with Crippen molar-refractivity contribution < 1.29 is 9.26 Å². The van der Waals surface area contributed by atoms with Gasteiger partial charge in [0, 0.05) is 13.5 Å². The molecule has 15 heavy (non-hydrogen) atoms. The molecule has 0 aliphatic rings. The van der Waals surface area contributed by atoms with E-state index in [1.54, 1.807) is 7.11 Å². The summed E-state index contributed by atoms with van der Waals surface area (Å²) in [5, 5.41) is 3.87. The maximum absolute atomic E-state index is 5.99. The molecule has 0 aliphatic heterocycles. The quantitative estimate of drug-likeness (QED) is 0.796. The number of nitrogens with zero attached hydrogens (tertiary/aromatic N) is 2. The molecule has 86 valence electrons. The van der Waals surface area contributed by atoms with Crippen molar-refractivity contribution in [3.05, 3.63) is 11.7 Å². The molecule has 5 heteroatoms. The van der Waals surface area contributed by atoms with Crippen molar-refractivity contribution in [1.29, 1.82) is 0 Å². The summed E-state index contributed by atoms with van der Waals surface area (Å²) in [7, 11) is 1.66. The van der Waals surface area contributed by atoms with Crippen LogP contribution in [0.3, 0.4) is 0 Å². The summed E-state index contributed by atoms with van der Waals surface area (Å²) < 4.78 is 10.2. The van der Waals surface area contributed by atoms with Crippen molar-refractivity contribution in [3.63, 3.8) is 0 Å². The summed E-state index contributed by atoms with van der Waals surface area (Å²) in [6.07, 6.45) is 1.48. The van der Waals surface area contributed by atoms with E-state index >= 15 is 0 Å². The van der Waals surface area contributed by atoms with Crippen LogP contribution < -0.4 is 5.73 Å². The Kier molecular flexibility index (Phi) is 3.82. The van der Waals surface area contributed by atoms with E-state index in [1.807, 2.05) is 20.8 Å². The fraction of sp³-hybridized carbons (Fsp3) is 0.800. The van der Waals surface area contributed by atoms with E-state index in [4.69, 9.17) is 15.0 Å².